The number of anilines is 1. The molecule has 158 valence electrons. The van der Waals surface area contributed by atoms with Crippen molar-refractivity contribution in [2.75, 3.05) is 5.32 Å². The van der Waals surface area contributed by atoms with E-state index in [4.69, 9.17) is 17.0 Å². The number of hydrogen-bond donors (Lipinski definition) is 2. The Morgan fingerprint density at radius 1 is 1.16 bits per heavy atom. The van der Waals surface area contributed by atoms with Crippen molar-refractivity contribution in [2.45, 2.75) is 19.0 Å². The fourth-order valence-corrected chi connectivity index (χ4v) is 3.36. The molecule has 2 aliphatic rings. The van der Waals surface area contributed by atoms with Crippen molar-refractivity contribution in [3.05, 3.63) is 59.7 Å². The second kappa shape index (κ2) is 9.09. The standard InChI is InChI=1S/C21H17F2N5O2S/c22-13-3-1-12(2-4-13)9-18(29)28-21(31)27-14-5-6-17(16(23)10-14)30-20-15-7-8-24-19(15)25-11-26-20/h1-6,8,10-11,15,19H,7,9H2,(H2,27,28,29,31). The summed E-state index contributed by atoms with van der Waals surface area (Å²) in [7, 11) is 0. The Bertz CT molecular complexity index is 1100. The molecule has 0 aromatic heterocycles. The van der Waals surface area contributed by atoms with E-state index in [0.29, 0.717) is 23.6 Å². The zero-order valence-corrected chi connectivity index (χ0v) is 16.9. The van der Waals surface area contributed by atoms with Crippen LogP contribution in [-0.4, -0.2) is 35.6 Å². The number of aliphatic imine (C=N–C) groups is 3. The summed E-state index contributed by atoms with van der Waals surface area (Å²) in [4.78, 5) is 24.5. The lowest BCUT2D eigenvalue weighted by molar-refractivity contribution is -0.119. The summed E-state index contributed by atoms with van der Waals surface area (Å²) in [5, 5.41) is 5.26. The van der Waals surface area contributed by atoms with Crippen LogP contribution in [0.1, 0.15) is 12.0 Å². The highest BCUT2D eigenvalue weighted by atomic mass is 32.1. The van der Waals surface area contributed by atoms with Gasteiger partial charge in [0.05, 0.1) is 12.3 Å². The molecule has 4 rings (SSSR count). The highest BCUT2D eigenvalue weighted by Gasteiger charge is 2.32. The van der Waals surface area contributed by atoms with Gasteiger partial charge in [0.15, 0.2) is 22.8 Å². The molecule has 2 unspecified atom stereocenters. The number of amides is 1. The lowest BCUT2D eigenvalue weighted by atomic mass is 10.1. The zero-order valence-electron chi connectivity index (χ0n) is 16.1. The van der Waals surface area contributed by atoms with Crippen LogP contribution < -0.4 is 15.4 Å². The number of carbonyl (C=O) groups is 1. The molecule has 0 saturated heterocycles. The summed E-state index contributed by atoms with van der Waals surface area (Å²) in [6.45, 7) is 0. The lowest BCUT2D eigenvalue weighted by Gasteiger charge is -2.20. The van der Waals surface area contributed by atoms with Crippen LogP contribution in [0.5, 0.6) is 5.75 Å². The number of thiocarbonyl (C=S) groups is 1. The molecule has 0 aliphatic carbocycles. The molecule has 2 heterocycles. The van der Waals surface area contributed by atoms with Gasteiger partial charge in [0.25, 0.3) is 0 Å². The van der Waals surface area contributed by atoms with Gasteiger partial charge >= 0.3 is 0 Å². The van der Waals surface area contributed by atoms with Gasteiger partial charge in [-0.15, -0.1) is 0 Å². The van der Waals surface area contributed by atoms with Crippen LogP contribution in [0.4, 0.5) is 14.5 Å². The number of benzene rings is 2. The average Bonchev–Trinajstić information content (AvgIpc) is 3.21. The molecule has 31 heavy (non-hydrogen) atoms. The van der Waals surface area contributed by atoms with Crippen LogP contribution in [0.15, 0.2) is 57.4 Å². The second-order valence-electron chi connectivity index (χ2n) is 6.87. The largest absolute Gasteiger partial charge is 0.439 e. The summed E-state index contributed by atoms with van der Waals surface area (Å²) >= 11 is 5.10. The molecule has 0 fully saturated rings. The summed E-state index contributed by atoms with van der Waals surface area (Å²) < 4.78 is 33.1. The molecule has 1 amide bonds. The molecule has 2 aromatic carbocycles. The van der Waals surface area contributed by atoms with Gasteiger partial charge in [-0.3, -0.25) is 9.79 Å². The molecule has 0 spiro atoms. The monoisotopic (exact) mass is 441 g/mol. The zero-order chi connectivity index (χ0) is 21.8. The fraction of sp³-hybridized carbons (Fsp3) is 0.190. The van der Waals surface area contributed by atoms with Crippen LogP contribution in [-0.2, 0) is 11.2 Å². The third-order valence-corrected chi connectivity index (χ3v) is 4.84. The smallest absolute Gasteiger partial charge is 0.230 e. The molecule has 0 saturated carbocycles. The first-order valence-corrected chi connectivity index (χ1v) is 9.82. The second-order valence-corrected chi connectivity index (χ2v) is 7.28. The topological polar surface area (TPSA) is 87.4 Å². The van der Waals surface area contributed by atoms with Crippen LogP contribution >= 0.6 is 12.2 Å². The molecular weight excluding hydrogens is 424 g/mol. The maximum Gasteiger partial charge on any atom is 0.230 e. The molecule has 2 atom stereocenters. The van der Waals surface area contributed by atoms with Gasteiger partial charge in [0.1, 0.15) is 12.2 Å². The Kier molecular flexibility index (Phi) is 6.08. The molecule has 7 nitrogen and oxygen atoms in total. The van der Waals surface area contributed by atoms with Gasteiger partial charge in [-0.05, 0) is 48.5 Å². The first-order valence-electron chi connectivity index (χ1n) is 9.41. The van der Waals surface area contributed by atoms with Gasteiger partial charge in [0.2, 0.25) is 11.8 Å². The highest BCUT2D eigenvalue weighted by molar-refractivity contribution is 7.80. The molecule has 10 heteroatoms. The van der Waals surface area contributed by atoms with Gasteiger partial charge in [-0.2, -0.15) is 0 Å². The molecular formula is C21H17F2N5O2S. The Hall–Kier alpha value is -3.53. The van der Waals surface area contributed by atoms with Crippen LogP contribution in [0.2, 0.25) is 0 Å². The number of hydrogen-bond acceptors (Lipinski definition) is 6. The van der Waals surface area contributed by atoms with Crippen molar-refractivity contribution in [3.63, 3.8) is 0 Å². The van der Waals surface area contributed by atoms with Crippen molar-refractivity contribution in [1.82, 2.24) is 5.32 Å². The van der Waals surface area contributed by atoms with Crippen molar-refractivity contribution in [1.29, 1.82) is 0 Å². The van der Waals surface area contributed by atoms with Crippen LogP contribution in [0.3, 0.4) is 0 Å². The number of halogens is 2. The van der Waals surface area contributed by atoms with E-state index < -0.39 is 5.82 Å². The summed E-state index contributed by atoms with van der Waals surface area (Å²) in [5.41, 5.74) is 0.978. The predicted molar refractivity (Wildman–Crippen MR) is 118 cm³/mol. The lowest BCUT2D eigenvalue weighted by Crippen LogP contribution is -2.35. The third-order valence-electron chi connectivity index (χ3n) is 4.63. The van der Waals surface area contributed by atoms with E-state index in [1.807, 2.05) is 0 Å². The molecule has 2 N–H and O–H groups in total. The summed E-state index contributed by atoms with van der Waals surface area (Å²) in [6, 6.07) is 9.79. The van der Waals surface area contributed by atoms with Gasteiger partial charge in [0, 0.05) is 18.0 Å². The quantitative estimate of drug-likeness (QED) is 0.713. The van der Waals surface area contributed by atoms with Crippen molar-refractivity contribution >= 4 is 47.4 Å². The number of nitrogens with zero attached hydrogens (tertiary/aromatic N) is 3. The Labute approximate surface area is 182 Å². The number of nitrogens with one attached hydrogen (secondary N) is 2. The Balaban J connectivity index is 1.33. The van der Waals surface area contributed by atoms with E-state index >= 15 is 0 Å². The normalized spacial score (nSPS) is 18.8. The molecule has 2 aromatic rings. The van der Waals surface area contributed by atoms with E-state index in [1.165, 1.54) is 42.7 Å². The molecule has 0 radical (unpaired) electrons. The number of fused-ring (bicyclic) bond motifs is 1. The van der Waals surface area contributed by atoms with E-state index in [1.54, 1.807) is 12.3 Å². The average molecular weight is 441 g/mol. The van der Waals surface area contributed by atoms with Crippen LogP contribution in [0.25, 0.3) is 0 Å². The van der Waals surface area contributed by atoms with Crippen molar-refractivity contribution in [3.8, 4) is 5.75 Å². The van der Waals surface area contributed by atoms with Crippen molar-refractivity contribution in [2.24, 2.45) is 20.9 Å². The molecule has 0 bridgehead atoms. The van der Waals surface area contributed by atoms with E-state index in [9.17, 15) is 13.6 Å². The third kappa shape index (κ3) is 5.15. The maximum atomic E-state index is 14.5. The minimum atomic E-state index is -0.619. The Morgan fingerprint density at radius 2 is 1.97 bits per heavy atom. The SMILES string of the molecule is O=C(Cc1ccc(F)cc1)NC(=S)Nc1ccc(OC2=NC=NC3N=CCC23)c(F)c1. The Morgan fingerprint density at radius 3 is 2.74 bits per heavy atom. The van der Waals surface area contributed by atoms with Gasteiger partial charge < -0.3 is 15.4 Å². The van der Waals surface area contributed by atoms with Crippen molar-refractivity contribution < 1.29 is 18.3 Å². The number of ether oxygens (including phenoxy) is 1. The van der Waals surface area contributed by atoms with E-state index in [-0.39, 0.29) is 41.1 Å². The number of rotatable bonds is 4. The van der Waals surface area contributed by atoms with E-state index in [0.717, 1.165) is 0 Å². The van der Waals surface area contributed by atoms with Gasteiger partial charge in [-0.1, -0.05) is 12.1 Å². The fourth-order valence-electron chi connectivity index (χ4n) is 3.13. The predicted octanol–water partition coefficient (Wildman–Crippen LogP) is 3.26. The van der Waals surface area contributed by atoms with Gasteiger partial charge in [-0.25, -0.2) is 18.8 Å². The summed E-state index contributed by atoms with van der Waals surface area (Å²) in [5.74, 6) is -1.14. The van der Waals surface area contributed by atoms with Crippen LogP contribution in [0, 0.1) is 17.6 Å². The van der Waals surface area contributed by atoms with E-state index in [2.05, 4.69) is 25.6 Å². The summed E-state index contributed by atoms with van der Waals surface area (Å²) in [6.07, 6.45) is 3.51. The molecule has 2 aliphatic heterocycles. The number of carbonyl (C=O) groups excluding carboxylic acids is 1. The first-order chi connectivity index (χ1) is 15.0. The first kappa shape index (κ1) is 20.7. The minimum Gasteiger partial charge on any atom is -0.439 e. The maximum absolute atomic E-state index is 14.5. The minimum absolute atomic E-state index is 0.0107. The highest BCUT2D eigenvalue weighted by Crippen LogP contribution is 2.27.